The molecule has 0 aliphatic carbocycles. The standard InChI is InChI=1S/C20H32N4O3S/c1-20(2,3)21-19(25)23-10-8-15-6-7-18(12-16(15)13-23)28(26,27)24-11-9-17(14-24)22(4)5/h6-7,12,17H,8-11,13-14H2,1-5H3,(H,21,25)/t17-/m1/s1. The third-order valence-corrected chi connectivity index (χ3v) is 7.31. The number of carbonyl (C=O) groups excluding carboxylic acids is 1. The largest absolute Gasteiger partial charge is 0.333 e. The van der Waals surface area contributed by atoms with Crippen molar-refractivity contribution < 1.29 is 13.2 Å². The minimum Gasteiger partial charge on any atom is -0.333 e. The predicted molar refractivity (Wildman–Crippen MR) is 110 cm³/mol. The molecule has 8 heteroatoms. The lowest BCUT2D eigenvalue weighted by molar-refractivity contribution is 0.183. The van der Waals surface area contributed by atoms with Gasteiger partial charge in [-0.2, -0.15) is 4.31 Å². The van der Waals surface area contributed by atoms with Crippen LogP contribution in [0.1, 0.15) is 38.3 Å². The Labute approximate surface area is 168 Å². The van der Waals surface area contributed by atoms with Crippen LogP contribution in [0.25, 0.3) is 0 Å². The van der Waals surface area contributed by atoms with E-state index in [0.717, 1.165) is 24.0 Å². The van der Waals surface area contributed by atoms with Crippen molar-refractivity contribution in [3.05, 3.63) is 29.3 Å². The lowest BCUT2D eigenvalue weighted by Gasteiger charge is -2.32. The SMILES string of the molecule is CN(C)[C@@H]1CCN(S(=O)(=O)c2ccc3c(c2)CN(C(=O)NC(C)(C)C)CC3)C1. The third-order valence-electron chi connectivity index (χ3n) is 5.45. The summed E-state index contributed by atoms with van der Waals surface area (Å²) in [5.74, 6) is 0. The molecule has 2 aliphatic heterocycles. The number of nitrogens with zero attached hydrogens (tertiary/aromatic N) is 3. The number of carbonyl (C=O) groups is 1. The first-order valence-electron chi connectivity index (χ1n) is 9.83. The quantitative estimate of drug-likeness (QED) is 0.829. The van der Waals surface area contributed by atoms with Gasteiger partial charge in [-0.05, 0) is 71.0 Å². The average molecular weight is 409 g/mol. The molecule has 7 nitrogen and oxygen atoms in total. The van der Waals surface area contributed by atoms with E-state index in [2.05, 4.69) is 10.2 Å². The first-order valence-corrected chi connectivity index (χ1v) is 11.3. The molecule has 28 heavy (non-hydrogen) atoms. The van der Waals surface area contributed by atoms with Gasteiger partial charge in [0, 0.05) is 37.8 Å². The Balaban J connectivity index is 1.78. The van der Waals surface area contributed by atoms with Crippen molar-refractivity contribution in [3.63, 3.8) is 0 Å². The second-order valence-electron chi connectivity index (χ2n) is 9.05. The summed E-state index contributed by atoms with van der Waals surface area (Å²) in [6.07, 6.45) is 1.58. The fraction of sp³-hybridized carbons (Fsp3) is 0.650. The van der Waals surface area contributed by atoms with Gasteiger partial charge in [0.05, 0.1) is 4.90 Å². The Hall–Kier alpha value is -1.64. The summed E-state index contributed by atoms with van der Waals surface area (Å²) in [7, 11) is 0.449. The van der Waals surface area contributed by atoms with Gasteiger partial charge in [-0.1, -0.05) is 6.07 Å². The zero-order chi connectivity index (χ0) is 20.7. The molecule has 0 saturated carbocycles. The van der Waals surface area contributed by atoms with Gasteiger partial charge in [0.1, 0.15) is 0 Å². The topological polar surface area (TPSA) is 73.0 Å². The van der Waals surface area contributed by atoms with Gasteiger partial charge in [-0.3, -0.25) is 0 Å². The molecule has 2 aliphatic rings. The summed E-state index contributed by atoms with van der Waals surface area (Å²) in [5, 5.41) is 2.98. The summed E-state index contributed by atoms with van der Waals surface area (Å²) in [5.41, 5.74) is 1.73. The highest BCUT2D eigenvalue weighted by Gasteiger charge is 2.34. The first-order chi connectivity index (χ1) is 13.0. The van der Waals surface area contributed by atoms with E-state index in [1.165, 1.54) is 0 Å². The van der Waals surface area contributed by atoms with Gasteiger partial charge in [-0.25, -0.2) is 13.2 Å². The smallest absolute Gasteiger partial charge is 0.318 e. The normalized spacial score (nSPS) is 21.1. The van der Waals surface area contributed by atoms with E-state index in [-0.39, 0.29) is 17.6 Å². The predicted octanol–water partition coefficient (Wildman–Crippen LogP) is 1.88. The Kier molecular flexibility index (Phi) is 5.76. The number of fused-ring (bicyclic) bond motifs is 1. The molecule has 1 aromatic carbocycles. The summed E-state index contributed by atoms with van der Waals surface area (Å²) in [4.78, 5) is 16.7. The number of hydrogen-bond donors (Lipinski definition) is 1. The van der Waals surface area contributed by atoms with Crippen LogP contribution in [0.3, 0.4) is 0 Å². The molecule has 0 radical (unpaired) electrons. The zero-order valence-electron chi connectivity index (χ0n) is 17.5. The van der Waals surface area contributed by atoms with Crippen LogP contribution in [-0.4, -0.2) is 73.9 Å². The van der Waals surface area contributed by atoms with E-state index >= 15 is 0 Å². The minimum atomic E-state index is -3.52. The van der Waals surface area contributed by atoms with Crippen LogP contribution in [0.5, 0.6) is 0 Å². The van der Waals surface area contributed by atoms with Crippen LogP contribution < -0.4 is 5.32 Å². The lowest BCUT2D eigenvalue weighted by atomic mass is 10.00. The Morgan fingerprint density at radius 2 is 1.89 bits per heavy atom. The first kappa shape index (κ1) is 21.1. The maximum atomic E-state index is 13.1. The Morgan fingerprint density at radius 3 is 2.50 bits per heavy atom. The molecule has 1 aromatic rings. The number of amides is 2. The Bertz CT molecular complexity index is 845. The number of likely N-dealkylation sites (N-methyl/N-ethyl adjacent to an activating group) is 1. The third kappa shape index (κ3) is 4.50. The summed E-state index contributed by atoms with van der Waals surface area (Å²) < 4.78 is 27.8. The van der Waals surface area contributed by atoms with Gasteiger partial charge in [-0.15, -0.1) is 0 Å². The number of hydrogen-bond acceptors (Lipinski definition) is 4. The van der Waals surface area contributed by atoms with Crippen LogP contribution in [0.15, 0.2) is 23.1 Å². The molecule has 0 unspecified atom stereocenters. The highest BCUT2D eigenvalue weighted by Crippen LogP contribution is 2.27. The number of benzene rings is 1. The summed E-state index contributed by atoms with van der Waals surface area (Å²) in [6, 6.07) is 5.51. The summed E-state index contributed by atoms with van der Waals surface area (Å²) >= 11 is 0. The van der Waals surface area contributed by atoms with Gasteiger partial charge in [0.25, 0.3) is 0 Å². The molecule has 3 rings (SSSR count). The molecule has 0 aromatic heterocycles. The lowest BCUT2D eigenvalue weighted by Crippen LogP contribution is -2.49. The monoisotopic (exact) mass is 408 g/mol. The molecule has 1 N–H and O–H groups in total. The molecule has 1 atom stereocenters. The average Bonchev–Trinajstić information content (AvgIpc) is 3.10. The fourth-order valence-electron chi connectivity index (χ4n) is 3.77. The molecule has 2 heterocycles. The zero-order valence-corrected chi connectivity index (χ0v) is 18.3. The van der Waals surface area contributed by atoms with Gasteiger partial charge in [0.2, 0.25) is 10.0 Å². The molecule has 1 fully saturated rings. The Morgan fingerprint density at radius 1 is 1.18 bits per heavy atom. The minimum absolute atomic E-state index is 0.111. The van der Waals surface area contributed by atoms with Crippen molar-refractivity contribution in [1.82, 2.24) is 19.4 Å². The van der Waals surface area contributed by atoms with Gasteiger partial charge < -0.3 is 15.1 Å². The second-order valence-corrected chi connectivity index (χ2v) is 11.0. The number of urea groups is 1. The van der Waals surface area contributed by atoms with Crippen molar-refractivity contribution in [3.8, 4) is 0 Å². The maximum absolute atomic E-state index is 13.1. The van der Waals surface area contributed by atoms with Crippen LogP contribution >= 0.6 is 0 Å². The maximum Gasteiger partial charge on any atom is 0.318 e. The highest BCUT2D eigenvalue weighted by molar-refractivity contribution is 7.89. The van der Waals surface area contributed by atoms with Crippen LogP contribution in [0.2, 0.25) is 0 Å². The van der Waals surface area contributed by atoms with Crippen molar-refractivity contribution in [2.45, 2.75) is 56.6 Å². The van der Waals surface area contributed by atoms with E-state index in [4.69, 9.17) is 0 Å². The van der Waals surface area contributed by atoms with E-state index < -0.39 is 10.0 Å². The summed E-state index contributed by atoms with van der Waals surface area (Å²) in [6.45, 7) is 7.98. The van der Waals surface area contributed by atoms with Crippen LogP contribution in [0, 0.1) is 0 Å². The molecule has 0 spiro atoms. The van der Waals surface area contributed by atoms with Crippen LogP contribution in [-0.2, 0) is 23.0 Å². The van der Waals surface area contributed by atoms with Gasteiger partial charge in [0.15, 0.2) is 0 Å². The van der Waals surface area contributed by atoms with E-state index in [9.17, 15) is 13.2 Å². The van der Waals surface area contributed by atoms with E-state index in [1.807, 2.05) is 40.9 Å². The molecular formula is C20H32N4O3S. The van der Waals surface area contributed by atoms with Crippen molar-refractivity contribution in [2.24, 2.45) is 0 Å². The molecule has 156 valence electrons. The highest BCUT2D eigenvalue weighted by atomic mass is 32.2. The molecule has 2 amide bonds. The number of rotatable bonds is 3. The fourth-order valence-corrected chi connectivity index (χ4v) is 5.31. The van der Waals surface area contributed by atoms with Crippen molar-refractivity contribution in [1.29, 1.82) is 0 Å². The molecule has 1 saturated heterocycles. The van der Waals surface area contributed by atoms with E-state index in [0.29, 0.717) is 31.1 Å². The molecule has 0 bridgehead atoms. The van der Waals surface area contributed by atoms with E-state index in [1.54, 1.807) is 21.3 Å². The second kappa shape index (κ2) is 7.65. The van der Waals surface area contributed by atoms with Crippen molar-refractivity contribution >= 4 is 16.1 Å². The van der Waals surface area contributed by atoms with Crippen LogP contribution in [0.4, 0.5) is 4.79 Å². The van der Waals surface area contributed by atoms with Crippen molar-refractivity contribution in [2.75, 3.05) is 33.7 Å². The molecular weight excluding hydrogens is 376 g/mol. The van der Waals surface area contributed by atoms with Gasteiger partial charge >= 0.3 is 6.03 Å². The number of nitrogens with one attached hydrogen (secondary N) is 1. The number of sulfonamides is 1.